The number of carbonyl (C=O) groups is 1. The van der Waals surface area contributed by atoms with Crippen molar-refractivity contribution in [3.8, 4) is 5.75 Å². The molecule has 0 radical (unpaired) electrons. The second kappa shape index (κ2) is 6.07. The number of hydrogen-bond acceptors (Lipinski definition) is 6. The monoisotopic (exact) mass is 415 g/mol. The number of hydrogen-bond donors (Lipinski definition) is 0. The number of carbonyl (C=O) groups excluding carboxylic acids is 1. The molecular weight excluding hydrogens is 396 g/mol. The molecule has 0 aromatic heterocycles. The Bertz CT molecular complexity index is 1330. The second-order valence-electron chi connectivity index (χ2n) is 8.45. The summed E-state index contributed by atoms with van der Waals surface area (Å²) in [5.74, 6) is -1.08. The maximum atomic E-state index is 12.0. The van der Waals surface area contributed by atoms with Crippen molar-refractivity contribution in [2.24, 2.45) is 0 Å². The van der Waals surface area contributed by atoms with Crippen molar-refractivity contribution in [3.05, 3.63) is 81.4 Å². The molecule has 0 fully saturated rings. The highest BCUT2D eigenvalue weighted by Crippen LogP contribution is 2.55. The molecular formula is C24H19N2O5-. The average Bonchev–Trinajstić information content (AvgIpc) is 2.91. The average molecular weight is 415 g/mol. The molecule has 0 saturated carbocycles. The number of rotatable bonds is 2. The van der Waals surface area contributed by atoms with E-state index in [0.717, 1.165) is 22.0 Å². The molecule has 0 saturated heterocycles. The molecule has 31 heavy (non-hydrogen) atoms. The molecule has 0 unspecified atom stereocenters. The van der Waals surface area contributed by atoms with Crippen LogP contribution in [0, 0.1) is 10.1 Å². The molecule has 2 aliphatic rings. The van der Waals surface area contributed by atoms with Crippen molar-refractivity contribution in [1.29, 1.82) is 0 Å². The predicted octanol–water partition coefficient (Wildman–Crippen LogP) is 3.64. The fourth-order valence-electron chi connectivity index (χ4n) is 4.91. The number of anilines is 1. The standard InChI is InChI=1S/C24H20N2O5/c1-23(2)19-13-15(26(29)30)8-9-20(19)25(3)24(23)11-10-17-16-7-5-4-6-14(16)12-18(22(27)28)21(17)31-24/h4-13H,1-3H3,(H,27,28)/p-1/t24-/m0/s1. The minimum Gasteiger partial charge on any atom is -0.545 e. The van der Waals surface area contributed by atoms with E-state index in [1.165, 1.54) is 6.07 Å². The summed E-state index contributed by atoms with van der Waals surface area (Å²) in [4.78, 5) is 24.8. The van der Waals surface area contributed by atoms with Crippen molar-refractivity contribution in [3.63, 3.8) is 0 Å². The Morgan fingerprint density at radius 1 is 1.13 bits per heavy atom. The summed E-state index contributed by atoms with van der Waals surface area (Å²) in [5.41, 5.74) is 0.417. The molecule has 0 aliphatic carbocycles. The molecule has 0 amide bonds. The summed E-state index contributed by atoms with van der Waals surface area (Å²) in [6, 6.07) is 13.8. The third-order valence-corrected chi connectivity index (χ3v) is 6.61. The highest BCUT2D eigenvalue weighted by atomic mass is 16.6. The van der Waals surface area contributed by atoms with Gasteiger partial charge in [0.25, 0.3) is 5.69 Å². The smallest absolute Gasteiger partial charge is 0.269 e. The maximum absolute atomic E-state index is 12.0. The Kier molecular flexibility index (Phi) is 3.74. The lowest BCUT2D eigenvalue weighted by atomic mass is 9.76. The quantitative estimate of drug-likeness (QED) is 0.468. The van der Waals surface area contributed by atoms with Gasteiger partial charge in [-0.25, -0.2) is 0 Å². The number of non-ortho nitro benzene ring substituents is 1. The Balaban J connectivity index is 1.75. The van der Waals surface area contributed by atoms with E-state index in [1.54, 1.807) is 18.2 Å². The van der Waals surface area contributed by atoms with Crippen LogP contribution in [0.1, 0.15) is 35.3 Å². The molecule has 7 nitrogen and oxygen atoms in total. The lowest BCUT2D eigenvalue weighted by Gasteiger charge is -2.46. The van der Waals surface area contributed by atoms with E-state index in [9.17, 15) is 20.0 Å². The number of aromatic carboxylic acids is 1. The third-order valence-electron chi connectivity index (χ3n) is 6.61. The van der Waals surface area contributed by atoms with Crippen LogP contribution in [0.15, 0.2) is 54.6 Å². The number of likely N-dealkylation sites (N-methyl/N-ethyl adjacent to an activating group) is 1. The number of nitrogens with zero attached hydrogens (tertiary/aromatic N) is 2. The summed E-state index contributed by atoms with van der Waals surface area (Å²) < 4.78 is 6.54. The minimum absolute atomic E-state index is 0.00103. The molecule has 156 valence electrons. The third kappa shape index (κ3) is 2.37. The van der Waals surface area contributed by atoms with Crippen LogP contribution < -0.4 is 14.7 Å². The number of nitro groups is 1. The number of carboxylic acid groups (broad SMARTS) is 1. The van der Waals surface area contributed by atoms with Gasteiger partial charge in [-0.2, -0.15) is 0 Å². The van der Waals surface area contributed by atoms with Gasteiger partial charge in [0, 0.05) is 36.0 Å². The number of ether oxygens (including phenoxy) is 1. The van der Waals surface area contributed by atoms with Gasteiger partial charge in [0.15, 0.2) is 0 Å². The normalized spacial score (nSPS) is 20.4. The van der Waals surface area contributed by atoms with Gasteiger partial charge in [0.2, 0.25) is 5.72 Å². The molecule has 7 heteroatoms. The van der Waals surface area contributed by atoms with Gasteiger partial charge in [-0.3, -0.25) is 10.1 Å². The van der Waals surface area contributed by atoms with Gasteiger partial charge >= 0.3 is 0 Å². The highest BCUT2D eigenvalue weighted by molar-refractivity contribution is 6.02. The molecule has 0 N–H and O–H groups in total. The maximum Gasteiger partial charge on any atom is 0.269 e. The second-order valence-corrected chi connectivity index (χ2v) is 8.45. The van der Waals surface area contributed by atoms with E-state index in [0.29, 0.717) is 5.56 Å². The van der Waals surface area contributed by atoms with Gasteiger partial charge in [-0.05, 0) is 54.5 Å². The van der Waals surface area contributed by atoms with E-state index in [4.69, 9.17) is 4.74 Å². The molecule has 0 bridgehead atoms. The first-order chi connectivity index (χ1) is 14.7. The van der Waals surface area contributed by atoms with Crippen molar-refractivity contribution < 1.29 is 19.6 Å². The predicted molar refractivity (Wildman–Crippen MR) is 115 cm³/mol. The fraction of sp³-hybridized carbons (Fsp3) is 0.208. The van der Waals surface area contributed by atoms with E-state index >= 15 is 0 Å². The van der Waals surface area contributed by atoms with Crippen LogP contribution in [-0.4, -0.2) is 23.7 Å². The van der Waals surface area contributed by atoms with Crippen molar-refractivity contribution >= 4 is 34.2 Å². The van der Waals surface area contributed by atoms with E-state index in [2.05, 4.69) is 0 Å². The first-order valence-corrected chi connectivity index (χ1v) is 9.85. The summed E-state index contributed by atoms with van der Waals surface area (Å²) in [6.07, 6.45) is 3.79. The Hall–Kier alpha value is -3.87. The summed E-state index contributed by atoms with van der Waals surface area (Å²) in [6.45, 7) is 3.88. The zero-order valence-electron chi connectivity index (χ0n) is 17.2. The summed E-state index contributed by atoms with van der Waals surface area (Å²) in [5, 5.41) is 25.0. The van der Waals surface area contributed by atoms with E-state index in [-0.39, 0.29) is 17.0 Å². The molecule has 2 heterocycles. The SMILES string of the molecule is CN1c2ccc([N+](=O)[O-])cc2C(C)(C)[C@@]12C=Cc1c(c(C(=O)[O-])cc3ccccc13)O2. The van der Waals surface area contributed by atoms with Gasteiger partial charge in [0.1, 0.15) is 5.75 Å². The van der Waals surface area contributed by atoms with Gasteiger partial charge in [-0.15, -0.1) is 0 Å². The molecule has 1 atom stereocenters. The van der Waals surface area contributed by atoms with Gasteiger partial charge < -0.3 is 19.5 Å². The van der Waals surface area contributed by atoms with Crippen LogP contribution in [0.3, 0.4) is 0 Å². The zero-order valence-corrected chi connectivity index (χ0v) is 17.2. The van der Waals surface area contributed by atoms with Gasteiger partial charge in [0.05, 0.1) is 16.3 Å². The molecule has 3 aromatic carbocycles. The zero-order chi connectivity index (χ0) is 22.1. The minimum atomic E-state index is -1.32. The van der Waals surface area contributed by atoms with E-state index in [1.807, 2.05) is 62.2 Å². The summed E-state index contributed by atoms with van der Waals surface area (Å²) >= 11 is 0. The Morgan fingerprint density at radius 2 is 1.87 bits per heavy atom. The van der Waals surface area contributed by atoms with Crippen molar-refractivity contribution in [2.75, 3.05) is 11.9 Å². The first-order valence-electron chi connectivity index (χ1n) is 9.85. The lowest BCUT2D eigenvalue weighted by Crippen LogP contribution is -2.58. The van der Waals surface area contributed by atoms with Crippen LogP contribution in [-0.2, 0) is 5.41 Å². The number of benzene rings is 3. The molecule has 3 aromatic rings. The lowest BCUT2D eigenvalue weighted by molar-refractivity contribution is -0.384. The summed E-state index contributed by atoms with van der Waals surface area (Å²) in [7, 11) is 1.84. The van der Waals surface area contributed by atoms with Crippen molar-refractivity contribution in [1.82, 2.24) is 0 Å². The number of nitro benzene ring substituents is 1. The van der Waals surface area contributed by atoms with Crippen LogP contribution in [0.2, 0.25) is 0 Å². The largest absolute Gasteiger partial charge is 0.545 e. The van der Waals surface area contributed by atoms with E-state index < -0.39 is 22.0 Å². The molecule has 1 spiro atoms. The van der Waals surface area contributed by atoms with Gasteiger partial charge in [-0.1, -0.05) is 24.3 Å². The molecule has 5 rings (SSSR count). The fourth-order valence-corrected chi connectivity index (χ4v) is 4.91. The van der Waals surface area contributed by atoms with Crippen LogP contribution in [0.25, 0.3) is 16.8 Å². The van der Waals surface area contributed by atoms with Crippen molar-refractivity contribution in [2.45, 2.75) is 25.0 Å². The number of carboxylic acids is 1. The number of fused-ring (bicyclic) bond motifs is 4. The highest BCUT2D eigenvalue weighted by Gasteiger charge is 2.58. The van der Waals surface area contributed by atoms with Crippen LogP contribution in [0.5, 0.6) is 5.75 Å². The first kappa shape index (κ1) is 19.1. The molecule has 2 aliphatic heterocycles. The Labute approximate surface area is 178 Å². The Morgan fingerprint density at radius 3 is 2.58 bits per heavy atom. The van der Waals surface area contributed by atoms with Crippen LogP contribution in [0.4, 0.5) is 11.4 Å². The van der Waals surface area contributed by atoms with Crippen LogP contribution >= 0.6 is 0 Å². The topological polar surface area (TPSA) is 95.7 Å².